The lowest BCUT2D eigenvalue weighted by Gasteiger charge is -2.46. The summed E-state index contributed by atoms with van der Waals surface area (Å²) in [5.41, 5.74) is 4.68. The maximum atomic E-state index is 14.8. The van der Waals surface area contributed by atoms with Gasteiger partial charge in [0.2, 0.25) is 0 Å². The Labute approximate surface area is 198 Å². The van der Waals surface area contributed by atoms with Crippen molar-refractivity contribution in [3.05, 3.63) is 59.4 Å². The number of hydrogen-bond donors (Lipinski definition) is 1. The molecule has 3 saturated heterocycles. The Morgan fingerprint density at radius 2 is 1.85 bits per heavy atom. The lowest BCUT2D eigenvalue weighted by atomic mass is 9.82. The number of halogens is 1. The highest BCUT2D eigenvalue weighted by molar-refractivity contribution is 5.56. The van der Waals surface area contributed by atoms with Gasteiger partial charge in [-0.05, 0) is 74.3 Å². The van der Waals surface area contributed by atoms with Crippen LogP contribution < -0.4 is 10.2 Å². The molecule has 5 heteroatoms. The number of morpholine rings is 1. The van der Waals surface area contributed by atoms with Gasteiger partial charge in [0.1, 0.15) is 5.82 Å². The van der Waals surface area contributed by atoms with Crippen molar-refractivity contribution in [1.29, 1.82) is 0 Å². The van der Waals surface area contributed by atoms with Crippen LogP contribution in [0, 0.1) is 11.7 Å². The van der Waals surface area contributed by atoms with E-state index < -0.39 is 0 Å². The number of nitrogens with zero attached hydrogens (tertiary/aromatic N) is 2. The van der Waals surface area contributed by atoms with Crippen molar-refractivity contribution in [2.24, 2.45) is 5.92 Å². The number of hydrogen-bond acceptors (Lipinski definition) is 4. The first-order valence-electron chi connectivity index (χ1n) is 12.7. The summed E-state index contributed by atoms with van der Waals surface area (Å²) < 4.78 is 20.2. The van der Waals surface area contributed by atoms with E-state index in [0.29, 0.717) is 30.9 Å². The summed E-state index contributed by atoms with van der Waals surface area (Å²) in [5.74, 6) is 0.487. The molecule has 0 amide bonds. The minimum atomic E-state index is -0.141. The zero-order chi connectivity index (χ0) is 22.8. The van der Waals surface area contributed by atoms with Crippen LogP contribution in [-0.2, 0) is 17.7 Å². The fraction of sp³-hybridized carbons (Fsp3) is 0.571. The van der Waals surface area contributed by atoms with Crippen LogP contribution in [0.25, 0.3) is 0 Å². The Hall–Kier alpha value is -2.11. The van der Waals surface area contributed by atoms with Crippen molar-refractivity contribution in [3.8, 4) is 0 Å². The molecule has 3 aliphatic rings. The van der Waals surface area contributed by atoms with E-state index in [-0.39, 0.29) is 11.4 Å². The molecule has 3 unspecified atom stereocenters. The van der Waals surface area contributed by atoms with Gasteiger partial charge >= 0.3 is 0 Å². The zero-order valence-corrected chi connectivity index (χ0v) is 20.2. The first-order valence-corrected chi connectivity index (χ1v) is 12.7. The Morgan fingerprint density at radius 3 is 2.55 bits per heavy atom. The lowest BCUT2D eigenvalue weighted by Crippen LogP contribution is -2.51. The number of anilines is 2. The SMILES string of the molecule is CCc1ccc(CN2C3CCC2(C)CC(CNc2ccc(N4CCOCC4)c(F)c2)C3)cc1. The molecule has 33 heavy (non-hydrogen) atoms. The molecule has 3 atom stereocenters. The van der Waals surface area contributed by atoms with E-state index in [1.165, 1.54) is 36.8 Å². The monoisotopic (exact) mass is 451 g/mol. The van der Waals surface area contributed by atoms with E-state index in [4.69, 9.17) is 4.74 Å². The second kappa shape index (κ2) is 9.63. The largest absolute Gasteiger partial charge is 0.385 e. The predicted molar refractivity (Wildman–Crippen MR) is 133 cm³/mol. The molecule has 3 fully saturated rings. The van der Waals surface area contributed by atoms with E-state index in [0.717, 1.165) is 38.3 Å². The molecule has 0 saturated carbocycles. The Balaban J connectivity index is 1.18. The highest BCUT2D eigenvalue weighted by Gasteiger charge is 2.48. The molecule has 178 valence electrons. The standard InChI is InChI=1S/C28H38FN3O/c1-3-21-4-6-22(7-5-21)20-32-25-10-11-28(32,2)18-23(16-25)19-30-24-8-9-27(26(29)17-24)31-12-14-33-15-13-31/h4-9,17,23,25,30H,3,10-16,18-20H2,1-2H3. The number of rotatable bonds is 7. The maximum Gasteiger partial charge on any atom is 0.148 e. The van der Waals surface area contributed by atoms with E-state index in [1.54, 1.807) is 6.07 Å². The summed E-state index contributed by atoms with van der Waals surface area (Å²) >= 11 is 0. The van der Waals surface area contributed by atoms with Crippen LogP contribution in [0.5, 0.6) is 0 Å². The topological polar surface area (TPSA) is 27.7 Å². The highest BCUT2D eigenvalue weighted by atomic mass is 19.1. The molecule has 0 aliphatic carbocycles. The molecular weight excluding hydrogens is 413 g/mol. The Kier molecular flexibility index (Phi) is 6.62. The molecule has 2 bridgehead atoms. The fourth-order valence-corrected chi connectivity index (χ4v) is 6.26. The molecule has 5 rings (SSSR count). The van der Waals surface area contributed by atoms with E-state index in [9.17, 15) is 4.39 Å². The van der Waals surface area contributed by atoms with E-state index >= 15 is 0 Å². The van der Waals surface area contributed by atoms with Gasteiger partial charge in [0.25, 0.3) is 0 Å². The predicted octanol–water partition coefficient (Wildman–Crippen LogP) is 5.47. The number of fused-ring (bicyclic) bond motifs is 2. The number of nitrogens with one attached hydrogen (secondary N) is 1. The summed E-state index contributed by atoms with van der Waals surface area (Å²) in [6.07, 6.45) is 6.10. The van der Waals surface area contributed by atoms with Crippen LogP contribution in [0.1, 0.15) is 50.7 Å². The van der Waals surface area contributed by atoms with Crippen LogP contribution in [0.3, 0.4) is 0 Å². The van der Waals surface area contributed by atoms with Gasteiger partial charge in [0.15, 0.2) is 0 Å². The summed E-state index contributed by atoms with van der Waals surface area (Å²) in [6.45, 7) is 9.49. The van der Waals surface area contributed by atoms with Gasteiger partial charge in [-0.3, -0.25) is 4.90 Å². The second-order valence-corrected chi connectivity index (χ2v) is 10.4. The first kappa shape index (κ1) is 22.7. The fourth-order valence-electron chi connectivity index (χ4n) is 6.26. The third-order valence-corrected chi connectivity index (χ3v) is 8.16. The number of ether oxygens (including phenoxy) is 1. The normalized spacial score (nSPS) is 27.7. The van der Waals surface area contributed by atoms with Gasteiger partial charge in [-0.25, -0.2) is 4.39 Å². The molecule has 0 radical (unpaired) electrons. The number of aryl methyl sites for hydroxylation is 1. The number of benzene rings is 2. The molecule has 2 aromatic rings. The quantitative estimate of drug-likeness (QED) is 0.604. The second-order valence-electron chi connectivity index (χ2n) is 10.4. The highest BCUT2D eigenvalue weighted by Crippen LogP contribution is 2.47. The third-order valence-electron chi connectivity index (χ3n) is 8.16. The van der Waals surface area contributed by atoms with Gasteiger partial charge in [0.05, 0.1) is 18.9 Å². The van der Waals surface area contributed by atoms with E-state index in [2.05, 4.69) is 53.2 Å². The Morgan fingerprint density at radius 1 is 1.09 bits per heavy atom. The summed E-state index contributed by atoms with van der Waals surface area (Å²) in [5, 5.41) is 3.55. The van der Waals surface area contributed by atoms with Gasteiger partial charge in [0, 0.05) is 43.4 Å². The summed E-state index contributed by atoms with van der Waals surface area (Å²) in [7, 11) is 0. The molecule has 3 aliphatic heterocycles. The van der Waals surface area contributed by atoms with Crippen molar-refractivity contribution in [1.82, 2.24) is 4.90 Å². The molecule has 1 N–H and O–H groups in total. The first-order chi connectivity index (χ1) is 16.0. The molecule has 0 aromatic heterocycles. The van der Waals surface area contributed by atoms with Crippen LogP contribution in [-0.4, -0.2) is 49.3 Å². The smallest absolute Gasteiger partial charge is 0.148 e. The minimum absolute atomic E-state index is 0.141. The molecular formula is C28H38FN3O. The van der Waals surface area contributed by atoms with Crippen LogP contribution in [0.15, 0.2) is 42.5 Å². The minimum Gasteiger partial charge on any atom is -0.385 e. The molecule has 3 heterocycles. The van der Waals surface area contributed by atoms with Gasteiger partial charge < -0.3 is 15.0 Å². The van der Waals surface area contributed by atoms with E-state index in [1.807, 2.05) is 12.1 Å². The summed E-state index contributed by atoms with van der Waals surface area (Å²) in [6, 6.07) is 15.4. The third kappa shape index (κ3) is 4.90. The Bertz CT molecular complexity index is 943. The van der Waals surface area contributed by atoms with Crippen molar-refractivity contribution in [3.63, 3.8) is 0 Å². The average Bonchev–Trinajstić information content (AvgIpc) is 3.02. The molecule has 0 spiro atoms. The maximum absolute atomic E-state index is 14.8. The van der Waals surface area contributed by atoms with Crippen LogP contribution in [0.2, 0.25) is 0 Å². The molecule has 4 nitrogen and oxygen atoms in total. The van der Waals surface area contributed by atoms with Gasteiger partial charge in [-0.2, -0.15) is 0 Å². The van der Waals surface area contributed by atoms with Crippen molar-refractivity contribution in [2.75, 3.05) is 43.1 Å². The number of piperidine rings is 1. The van der Waals surface area contributed by atoms with Crippen molar-refractivity contribution < 1.29 is 9.13 Å². The van der Waals surface area contributed by atoms with Crippen molar-refractivity contribution in [2.45, 2.75) is 64.1 Å². The van der Waals surface area contributed by atoms with Crippen LogP contribution in [0.4, 0.5) is 15.8 Å². The molecule has 2 aromatic carbocycles. The lowest BCUT2D eigenvalue weighted by molar-refractivity contribution is 0.0328. The zero-order valence-electron chi connectivity index (χ0n) is 20.2. The average molecular weight is 452 g/mol. The summed E-state index contributed by atoms with van der Waals surface area (Å²) in [4.78, 5) is 4.84. The van der Waals surface area contributed by atoms with Gasteiger partial charge in [-0.15, -0.1) is 0 Å². The van der Waals surface area contributed by atoms with Crippen LogP contribution >= 0.6 is 0 Å². The van der Waals surface area contributed by atoms with Gasteiger partial charge in [-0.1, -0.05) is 31.2 Å². The van der Waals surface area contributed by atoms with Crippen molar-refractivity contribution >= 4 is 11.4 Å².